The number of aromatic nitrogens is 2. The molecule has 158 valence electrons. The Kier molecular flexibility index (Phi) is 5.56. The van der Waals surface area contributed by atoms with Crippen molar-refractivity contribution >= 4 is 5.97 Å². The van der Waals surface area contributed by atoms with Crippen LogP contribution in [0, 0.1) is 0 Å². The van der Waals surface area contributed by atoms with Crippen molar-refractivity contribution in [1.82, 2.24) is 10.1 Å². The third-order valence-corrected chi connectivity index (χ3v) is 4.24. The monoisotopic (exact) mass is 420 g/mol. The zero-order chi connectivity index (χ0) is 22.1. The summed E-state index contributed by atoms with van der Waals surface area (Å²) in [5, 5.41) is 12.9. The van der Waals surface area contributed by atoms with Gasteiger partial charge in [0.15, 0.2) is 6.61 Å². The molecule has 30 heavy (non-hydrogen) atoms. The Morgan fingerprint density at radius 1 is 1.07 bits per heavy atom. The molecule has 0 spiro atoms. The highest BCUT2D eigenvalue weighted by atomic mass is 19.4. The summed E-state index contributed by atoms with van der Waals surface area (Å²) in [4.78, 5) is 15.3. The molecular formula is C21H19F3N2O4. The van der Waals surface area contributed by atoms with Gasteiger partial charge in [-0.3, -0.25) is 0 Å². The van der Waals surface area contributed by atoms with Crippen molar-refractivity contribution in [2.24, 2.45) is 0 Å². The van der Waals surface area contributed by atoms with Crippen molar-refractivity contribution in [3.05, 3.63) is 53.6 Å². The van der Waals surface area contributed by atoms with Crippen molar-refractivity contribution in [3.8, 4) is 28.6 Å². The van der Waals surface area contributed by atoms with Gasteiger partial charge in [0.1, 0.15) is 5.75 Å². The van der Waals surface area contributed by atoms with Crippen LogP contribution >= 0.6 is 0 Å². The van der Waals surface area contributed by atoms with Crippen LogP contribution in [0.3, 0.4) is 0 Å². The number of halogens is 3. The number of nitrogens with zero attached hydrogens (tertiary/aromatic N) is 2. The van der Waals surface area contributed by atoms with E-state index in [0.29, 0.717) is 16.7 Å². The summed E-state index contributed by atoms with van der Waals surface area (Å²) in [6, 6.07) is 10.6. The molecule has 0 atom stereocenters. The summed E-state index contributed by atoms with van der Waals surface area (Å²) in [6.07, 6.45) is -4.44. The van der Waals surface area contributed by atoms with E-state index in [0.717, 1.165) is 0 Å². The number of carboxylic acid groups (broad SMARTS) is 1. The fourth-order valence-electron chi connectivity index (χ4n) is 2.75. The normalized spacial score (nSPS) is 12.1. The first kappa shape index (κ1) is 21.4. The number of carbonyl (C=O) groups is 1. The quantitative estimate of drug-likeness (QED) is 0.600. The minimum Gasteiger partial charge on any atom is -0.484 e. The minimum atomic E-state index is -4.44. The van der Waals surface area contributed by atoms with Crippen LogP contribution in [-0.4, -0.2) is 34.0 Å². The second-order valence-electron chi connectivity index (χ2n) is 7.67. The van der Waals surface area contributed by atoms with Gasteiger partial charge in [-0.2, -0.15) is 18.2 Å². The number of hydrogen-bond donors (Lipinski definition) is 1. The predicted octanol–water partition coefficient (Wildman–Crippen LogP) is 5.34. The van der Waals surface area contributed by atoms with E-state index in [9.17, 15) is 18.0 Å². The molecule has 0 amide bonds. The lowest BCUT2D eigenvalue weighted by atomic mass is 9.85. The number of rotatable bonds is 5. The number of aromatic carboxylic acids is 1. The molecule has 1 N–H and O–H groups in total. The van der Waals surface area contributed by atoms with Crippen LogP contribution in [0.2, 0.25) is 0 Å². The van der Waals surface area contributed by atoms with Crippen LogP contribution < -0.4 is 4.74 Å². The molecule has 0 fully saturated rings. The standard InChI is InChI=1S/C21H19F3N2O4/c1-20(2,3)15-10-14(8-9-16(15)29-11-21(22,23)24)17-25-18(30-26-17)12-4-6-13(7-5-12)19(27)28/h4-10H,11H2,1-3H3,(H,27,28). The molecule has 9 heteroatoms. The molecule has 2 aromatic carbocycles. The van der Waals surface area contributed by atoms with Crippen LogP contribution in [0.25, 0.3) is 22.8 Å². The highest BCUT2D eigenvalue weighted by Crippen LogP contribution is 2.35. The highest BCUT2D eigenvalue weighted by Gasteiger charge is 2.30. The molecule has 0 aliphatic carbocycles. The number of benzene rings is 2. The number of hydrogen-bond acceptors (Lipinski definition) is 5. The second-order valence-corrected chi connectivity index (χ2v) is 7.67. The molecule has 1 aromatic heterocycles. The lowest BCUT2D eigenvalue weighted by Crippen LogP contribution is -2.21. The van der Waals surface area contributed by atoms with Crippen molar-refractivity contribution < 1.29 is 32.3 Å². The fourth-order valence-corrected chi connectivity index (χ4v) is 2.75. The molecule has 0 aliphatic rings. The zero-order valence-electron chi connectivity index (χ0n) is 16.4. The maximum absolute atomic E-state index is 12.6. The van der Waals surface area contributed by atoms with Gasteiger partial charge in [-0.1, -0.05) is 25.9 Å². The molecule has 0 saturated heterocycles. The molecular weight excluding hydrogens is 401 g/mol. The lowest BCUT2D eigenvalue weighted by molar-refractivity contribution is -0.153. The van der Waals surface area contributed by atoms with Crippen molar-refractivity contribution in [1.29, 1.82) is 0 Å². The van der Waals surface area contributed by atoms with Crippen LogP contribution in [0.4, 0.5) is 13.2 Å². The summed E-state index contributed by atoms with van der Waals surface area (Å²) in [7, 11) is 0. The summed E-state index contributed by atoms with van der Waals surface area (Å²) >= 11 is 0. The lowest BCUT2D eigenvalue weighted by Gasteiger charge is -2.23. The van der Waals surface area contributed by atoms with Gasteiger partial charge in [0.05, 0.1) is 5.56 Å². The Morgan fingerprint density at radius 2 is 1.70 bits per heavy atom. The maximum Gasteiger partial charge on any atom is 0.422 e. The van der Waals surface area contributed by atoms with Gasteiger partial charge in [0.2, 0.25) is 5.82 Å². The average molecular weight is 420 g/mol. The van der Waals surface area contributed by atoms with Gasteiger partial charge in [-0.25, -0.2) is 4.79 Å². The van der Waals surface area contributed by atoms with E-state index in [1.54, 1.807) is 24.3 Å². The predicted molar refractivity (Wildman–Crippen MR) is 102 cm³/mol. The second kappa shape index (κ2) is 7.81. The molecule has 6 nitrogen and oxygen atoms in total. The topological polar surface area (TPSA) is 85.5 Å². The fraction of sp³-hybridized carbons (Fsp3) is 0.286. The minimum absolute atomic E-state index is 0.128. The first-order valence-electron chi connectivity index (χ1n) is 8.96. The summed E-state index contributed by atoms with van der Waals surface area (Å²) in [5.41, 5.74) is 1.30. The molecule has 3 rings (SSSR count). The Balaban J connectivity index is 1.91. The highest BCUT2D eigenvalue weighted by molar-refractivity contribution is 5.88. The van der Waals surface area contributed by atoms with Gasteiger partial charge in [-0.15, -0.1) is 0 Å². The summed E-state index contributed by atoms with van der Waals surface area (Å²) in [6.45, 7) is 4.20. The molecule has 0 unspecified atom stereocenters. The maximum atomic E-state index is 12.6. The number of ether oxygens (including phenoxy) is 1. The van der Waals surface area contributed by atoms with Crippen molar-refractivity contribution in [3.63, 3.8) is 0 Å². The molecule has 1 heterocycles. The van der Waals surface area contributed by atoms with E-state index >= 15 is 0 Å². The molecule has 0 radical (unpaired) electrons. The third kappa shape index (κ3) is 4.97. The van der Waals surface area contributed by atoms with Gasteiger partial charge in [-0.05, 0) is 47.9 Å². The van der Waals surface area contributed by atoms with E-state index < -0.39 is 24.2 Å². The van der Waals surface area contributed by atoms with E-state index in [1.165, 1.54) is 18.2 Å². The van der Waals surface area contributed by atoms with Crippen LogP contribution in [0.1, 0.15) is 36.7 Å². The van der Waals surface area contributed by atoms with Crippen molar-refractivity contribution in [2.45, 2.75) is 32.4 Å². The molecule has 0 bridgehead atoms. The zero-order valence-corrected chi connectivity index (χ0v) is 16.4. The Labute approximate surface area is 170 Å². The van der Waals surface area contributed by atoms with Gasteiger partial charge >= 0.3 is 12.1 Å². The van der Waals surface area contributed by atoms with Crippen LogP contribution in [0.5, 0.6) is 5.75 Å². The Morgan fingerprint density at radius 3 is 2.27 bits per heavy atom. The first-order valence-corrected chi connectivity index (χ1v) is 8.96. The number of carboxylic acids is 1. The smallest absolute Gasteiger partial charge is 0.422 e. The Bertz CT molecular complexity index is 1050. The Hall–Kier alpha value is -3.36. The van der Waals surface area contributed by atoms with Gasteiger partial charge in [0, 0.05) is 16.7 Å². The van der Waals surface area contributed by atoms with E-state index in [-0.39, 0.29) is 23.0 Å². The molecule has 0 aliphatic heterocycles. The average Bonchev–Trinajstić information content (AvgIpc) is 3.15. The van der Waals surface area contributed by atoms with Crippen LogP contribution in [-0.2, 0) is 5.41 Å². The largest absolute Gasteiger partial charge is 0.484 e. The van der Waals surface area contributed by atoms with E-state index in [4.69, 9.17) is 14.4 Å². The van der Waals surface area contributed by atoms with Gasteiger partial charge < -0.3 is 14.4 Å². The van der Waals surface area contributed by atoms with Crippen LogP contribution in [0.15, 0.2) is 47.0 Å². The molecule has 0 saturated carbocycles. The summed E-state index contributed by atoms with van der Waals surface area (Å²) in [5.74, 6) is -0.469. The third-order valence-electron chi connectivity index (χ3n) is 4.24. The van der Waals surface area contributed by atoms with E-state index in [1.807, 2.05) is 20.8 Å². The van der Waals surface area contributed by atoms with E-state index in [2.05, 4.69) is 10.1 Å². The van der Waals surface area contributed by atoms with Crippen molar-refractivity contribution in [2.75, 3.05) is 6.61 Å². The molecule has 3 aromatic rings. The number of alkyl halides is 3. The first-order chi connectivity index (χ1) is 13.9. The van der Waals surface area contributed by atoms with Gasteiger partial charge in [0.25, 0.3) is 5.89 Å². The SMILES string of the molecule is CC(C)(C)c1cc(-c2noc(-c3ccc(C(=O)O)cc3)n2)ccc1OCC(F)(F)F. The summed E-state index contributed by atoms with van der Waals surface area (Å²) < 4.78 is 47.9.